The molecule has 3 rings (SSSR count). The second-order valence-electron chi connectivity index (χ2n) is 5.17. The van der Waals surface area contributed by atoms with Gasteiger partial charge in [-0.25, -0.2) is 8.78 Å². The van der Waals surface area contributed by atoms with Crippen molar-refractivity contribution in [2.45, 2.75) is 18.6 Å². The normalized spacial score (nSPS) is 19.1. The molecule has 0 bridgehead atoms. The average molecular weight is 289 g/mol. The summed E-state index contributed by atoms with van der Waals surface area (Å²) in [5.74, 6) is -1.13. The first-order valence-corrected chi connectivity index (χ1v) is 7.02. The van der Waals surface area contributed by atoms with Gasteiger partial charge >= 0.3 is 0 Å². The second-order valence-corrected chi connectivity index (χ2v) is 5.17. The van der Waals surface area contributed by atoms with Gasteiger partial charge in [-0.05, 0) is 30.7 Å². The lowest BCUT2D eigenvalue weighted by atomic mass is 9.89. The molecule has 1 heterocycles. The molecule has 1 aliphatic rings. The van der Waals surface area contributed by atoms with Crippen molar-refractivity contribution >= 4 is 0 Å². The molecule has 1 aliphatic heterocycles. The fourth-order valence-electron chi connectivity index (χ4n) is 2.92. The van der Waals surface area contributed by atoms with Crippen molar-refractivity contribution in [2.75, 3.05) is 13.7 Å². The zero-order chi connectivity index (χ0) is 14.8. The van der Waals surface area contributed by atoms with Gasteiger partial charge in [-0.15, -0.1) is 0 Å². The number of hydrogen-bond acceptors (Lipinski definition) is 2. The van der Waals surface area contributed by atoms with E-state index in [1.54, 1.807) is 7.05 Å². The van der Waals surface area contributed by atoms with E-state index in [0.717, 1.165) is 18.1 Å². The first-order valence-electron chi connectivity index (χ1n) is 7.02. The van der Waals surface area contributed by atoms with E-state index in [4.69, 9.17) is 4.74 Å². The number of halogens is 2. The lowest BCUT2D eigenvalue weighted by molar-refractivity contribution is 0.0157. The van der Waals surface area contributed by atoms with Crippen molar-refractivity contribution in [3.05, 3.63) is 70.8 Å². The summed E-state index contributed by atoms with van der Waals surface area (Å²) >= 11 is 0. The topological polar surface area (TPSA) is 21.3 Å². The van der Waals surface area contributed by atoms with Crippen LogP contribution in [0.4, 0.5) is 8.78 Å². The number of rotatable bonds is 3. The Kier molecular flexibility index (Phi) is 3.99. The maximum atomic E-state index is 14.1. The maximum Gasteiger partial charge on any atom is 0.131 e. The van der Waals surface area contributed by atoms with Crippen LogP contribution >= 0.6 is 0 Å². The van der Waals surface area contributed by atoms with E-state index < -0.39 is 11.6 Å². The number of benzene rings is 2. The van der Waals surface area contributed by atoms with Crippen molar-refractivity contribution in [1.29, 1.82) is 0 Å². The highest BCUT2D eigenvalue weighted by Crippen LogP contribution is 2.37. The zero-order valence-corrected chi connectivity index (χ0v) is 11.8. The number of nitrogens with one attached hydrogen (secondary N) is 1. The summed E-state index contributed by atoms with van der Waals surface area (Å²) in [4.78, 5) is 0. The zero-order valence-electron chi connectivity index (χ0n) is 11.8. The highest BCUT2D eigenvalue weighted by Gasteiger charge is 2.30. The Bertz CT molecular complexity index is 644. The summed E-state index contributed by atoms with van der Waals surface area (Å²) in [6, 6.07) is 11.3. The number of hydrogen-bond donors (Lipinski definition) is 1. The molecule has 4 heteroatoms. The van der Waals surface area contributed by atoms with Gasteiger partial charge < -0.3 is 10.1 Å². The summed E-state index contributed by atoms with van der Waals surface area (Å²) in [5.41, 5.74) is 2.70. The Balaban J connectivity index is 2.01. The molecule has 110 valence electrons. The van der Waals surface area contributed by atoms with Crippen LogP contribution in [-0.4, -0.2) is 13.7 Å². The molecular weight excluding hydrogens is 272 g/mol. The molecule has 2 aromatic carbocycles. The molecule has 2 atom stereocenters. The highest BCUT2D eigenvalue weighted by atomic mass is 19.1. The minimum absolute atomic E-state index is 0.278. The van der Waals surface area contributed by atoms with Gasteiger partial charge in [-0.1, -0.05) is 30.3 Å². The molecule has 0 spiro atoms. The molecule has 2 aromatic rings. The summed E-state index contributed by atoms with van der Waals surface area (Å²) in [6.07, 6.45) is 0.578. The van der Waals surface area contributed by atoms with Crippen LogP contribution in [0.3, 0.4) is 0 Å². The van der Waals surface area contributed by atoms with E-state index in [2.05, 4.69) is 11.4 Å². The molecule has 1 N–H and O–H groups in total. The molecule has 0 fully saturated rings. The average Bonchev–Trinajstić information content (AvgIpc) is 2.50. The van der Waals surface area contributed by atoms with E-state index in [9.17, 15) is 8.78 Å². The van der Waals surface area contributed by atoms with Gasteiger partial charge in [0.1, 0.15) is 17.7 Å². The minimum Gasteiger partial charge on any atom is -0.371 e. The highest BCUT2D eigenvalue weighted by molar-refractivity contribution is 5.35. The molecule has 2 unspecified atom stereocenters. The minimum atomic E-state index is -0.573. The van der Waals surface area contributed by atoms with Gasteiger partial charge in [-0.3, -0.25) is 0 Å². The van der Waals surface area contributed by atoms with Crippen LogP contribution in [0, 0.1) is 11.6 Å². The van der Waals surface area contributed by atoms with Crippen LogP contribution in [-0.2, 0) is 11.2 Å². The molecule has 0 amide bonds. The van der Waals surface area contributed by atoms with Crippen molar-refractivity contribution in [3.8, 4) is 0 Å². The fraction of sp³-hybridized carbons (Fsp3) is 0.294. The quantitative estimate of drug-likeness (QED) is 0.933. The van der Waals surface area contributed by atoms with E-state index in [-0.39, 0.29) is 12.1 Å². The Morgan fingerprint density at radius 3 is 2.76 bits per heavy atom. The summed E-state index contributed by atoms with van der Waals surface area (Å²) in [6.45, 7) is 0.600. The molecule has 21 heavy (non-hydrogen) atoms. The van der Waals surface area contributed by atoms with Gasteiger partial charge in [0.05, 0.1) is 12.6 Å². The number of ether oxygens (including phenoxy) is 1. The van der Waals surface area contributed by atoms with Gasteiger partial charge in [0.25, 0.3) is 0 Å². The third kappa shape index (κ3) is 2.69. The van der Waals surface area contributed by atoms with E-state index in [0.29, 0.717) is 12.2 Å². The standard InChI is InChI=1S/C17H17F2NO/c1-20-16(14-7-6-12(18)10-15(14)19)17-13-5-3-2-4-11(13)8-9-21-17/h2-7,10,16-17,20H,8-9H2,1H3. The van der Waals surface area contributed by atoms with E-state index in [1.165, 1.54) is 17.7 Å². The molecular formula is C17H17F2NO. The molecule has 0 radical (unpaired) electrons. The summed E-state index contributed by atoms with van der Waals surface area (Å²) in [5, 5.41) is 3.10. The Morgan fingerprint density at radius 1 is 1.19 bits per heavy atom. The Hall–Kier alpha value is -1.78. The van der Waals surface area contributed by atoms with E-state index >= 15 is 0 Å². The molecule has 2 nitrogen and oxygen atoms in total. The summed E-state index contributed by atoms with van der Waals surface area (Å²) in [7, 11) is 1.76. The first-order chi connectivity index (χ1) is 10.2. The number of fused-ring (bicyclic) bond motifs is 1. The van der Waals surface area contributed by atoms with Gasteiger partial charge in [0.2, 0.25) is 0 Å². The van der Waals surface area contributed by atoms with Crippen LogP contribution in [0.25, 0.3) is 0 Å². The predicted molar refractivity (Wildman–Crippen MR) is 77.0 cm³/mol. The monoisotopic (exact) mass is 289 g/mol. The fourth-order valence-corrected chi connectivity index (χ4v) is 2.92. The van der Waals surface area contributed by atoms with Crippen LogP contribution in [0.5, 0.6) is 0 Å². The second kappa shape index (κ2) is 5.92. The van der Waals surface area contributed by atoms with Crippen molar-refractivity contribution in [3.63, 3.8) is 0 Å². The van der Waals surface area contributed by atoms with Crippen LogP contribution < -0.4 is 5.32 Å². The van der Waals surface area contributed by atoms with Crippen molar-refractivity contribution in [1.82, 2.24) is 5.32 Å². The largest absolute Gasteiger partial charge is 0.371 e. The number of likely N-dealkylation sites (N-methyl/N-ethyl adjacent to an activating group) is 1. The molecule has 0 aromatic heterocycles. The van der Waals surface area contributed by atoms with Crippen LogP contribution in [0.15, 0.2) is 42.5 Å². The van der Waals surface area contributed by atoms with Gasteiger partial charge in [0, 0.05) is 11.6 Å². The first kappa shape index (κ1) is 14.2. The van der Waals surface area contributed by atoms with Crippen molar-refractivity contribution < 1.29 is 13.5 Å². The summed E-state index contributed by atoms with van der Waals surface area (Å²) < 4.78 is 33.1. The van der Waals surface area contributed by atoms with Crippen LogP contribution in [0.2, 0.25) is 0 Å². The van der Waals surface area contributed by atoms with Crippen LogP contribution in [0.1, 0.15) is 28.8 Å². The third-order valence-corrected chi connectivity index (χ3v) is 3.94. The smallest absolute Gasteiger partial charge is 0.131 e. The van der Waals surface area contributed by atoms with Gasteiger partial charge in [0.15, 0.2) is 0 Å². The Labute approximate surface area is 122 Å². The third-order valence-electron chi connectivity index (χ3n) is 3.94. The predicted octanol–water partition coefficient (Wildman–Crippen LogP) is 3.54. The molecule has 0 aliphatic carbocycles. The van der Waals surface area contributed by atoms with E-state index in [1.807, 2.05) is 18.2 Å². The lowest BCUT2D eigenvalue weighted by Crippen LogP contribution is -2.30. The molecule has 0 saturated heterocycles. The maximum absolute atomic E-state index is 14.1. The van der Waals surface area contributed by atoms with Crippen molar-refractivity contribution in [2.24, 2.45) is 0 Å². The lowest BCUT2D eigenvalue weighted by Gasteiger charge is -2.32. The SMILES string of the molecule is CNC(c1ccc(F)cc1F)C1OCCc2ccccc21. The van der Waals surface area contributed by atoms with Gasteiger partial charge in [-0.2, -0.15) is 0 Å². The Morgan fingerprint density at radius 2 is 2.00 bits per heavy atom. The molecule has 0 saturated carbocycles.